The molecule has 0 aromatic heterocycles. The summed E-state index contributed by atoms with van der Waals surface area (Å²) in [5.41, 5.74) is 6.33. The van der Waals surface area contributed by atoms with Gasteiger partial charge in [-0.25, -0.2) is 17.9 Å². The number of benzene rings is 2. The van der Waals surface area contributed by atoms with Crippen molar-refractivity contribution in [3.8, 4) is 0 Å². The van der Waals surface area contributed by atoms with E-state index in [2.05, 4.69) is 16.0 Å². The maximum absolute atomic E-state index is 12.8. The van der Waals surface area contributed by atoms with E-state index in [-0.39, 0.29) is 10.9 Å². The molecule has 41 heavy (non-hydrogen) atoms. The molecule has 9 N–H and O–H groups in total. The number of sulfonamides is 1. The topological polar surface area (TPSA) is 230 Å². The van der Waals surface area contributed by atoms with Crippen LogP contribution in [0.25, 0.3) is 10.8 Å². The zero-order valence-corrected chi connectivity index (χ0v) is 23.7. The Hall–Kier alpha value is -4.15. The molecule has 224 valence electrons. The number of anilines is 1. The predicted molar refractivity (Wildman–Crippen MR) is 151 cm³/mol. The normalized spacial score (nSPS) is 18.6. The summed E-state index contributed by atoms with van der Waals surface area (Å²) in [7, 11) is -0.622. The Labute approximate surface area is 237 Å². The lowest BCUT2D eigenvalue weighted by atomic mass is 10.0. The van der Waals surface area contributed by atoms with Gasteiger partial charge in [0.05, 0.1) is 17.5 Å². The van der Waals surface area contributed by atoms with E-state index in [4.69, 9.17) is 11.1 Å². The number of carbonyl (C=O) groups excluding carboxylic acids is 3. The lowest BCUT2D eigenvalue weighted by Gasteiger charge is -2.38. The lowest BCUT2D eigenvalue weighted by Crippen LogP contribution is -2.61. The molecule has 0 spiro atoms. The number of fused-ring (bicyclic) bond motifs is 1. The van der Waals surface area contributed by atoms with Gasteiger partial charge in [-0.15, -0.1) is 0 Å². The van der Waals surface area contributed by atoms with Gasteiger partial charge in [0.2, 0.25) is 11.8 Å². The molecule has 2 aromatic rings. The number of nitrogens with zero attached hydrogens (tertiary/aromatic N) is 2. The van der Waals surface area contributed by atoms with Crippen molar-refractivity contribution in [3.05, 3.63) is 36.4 Å². The third kappa shape index (κ3) is 7.53. The molecular weight excluding hydrogens is 556 g/mol. The highest BCUT2D eigenvalue weighted by Crippen LogP contribution is 2.27. The van der Waals surface area contributed by atoms with Crippen molar-refractivity contribution in [1.82, 2.24) is 25.6 Å². The molecule has 1 aliphatic rings. The molecule has 4 atom stereocenters. The molecule has 1 saturated heterocycles. The smallest absolute Gasteiger partial charge is 0.329 e. The van der Waals surface area contributed by atoms with Crippen LogP contribution in [0.1, 0.15) is 19.8 Å². The number of amides is 4. The number of aliphatic hydroxyl groups is 2. The summed E-state index contributed by atoms with van der Waals surface area (Å²) in [5.74, 6) is -1.95. The number of piperidine rings is 1. The Balaban J connectivity index is 1.60. The van der Waals surface area contributed by atoms with E-state index in [1.54, 1.807) is 18.2 Å². The van der Waals surface area contributed by atoms with Crippen molar-refractivity contribution < 1.29 is 33.0 Å². The summed E-state index contributed by atoms with van der Waals surface area (Å²) < 4.78 is 27.5. The highest BCUT2D eigenvalue weighted by Gasteiger charge is 2.33. The van der Waals surface area contributed by atoms with Crippen LogP contribution in [0.3, 0.4) is 0 Å². The fraction of sp³-hybridized carbons (Fsp3) is 0.440. The Kier molecular flexibility index (Phi) is 9.96. The minimum absolute atomic E-state index is 0.181. The molecule has 1 heterocycles. The minimum atomic E-state index is -4.34. The van der Waals surface area contributed by atoms with Crippen molar-refractivity contribution in [2.75, 3.05) is 32.1 Å². The molecule has 16 heteroatoms. The molecule has 0 bridgehead atoms. The van der Waals surface area contributed by atoms with E-state index in [1.165, 1.54) is 24.0 Å². The maximum atomic E-state index is 12.8. The van der Waals surface area contributed by atoms with Crippen LogP contribution in [0.15, 0.2) is 41.3 Å². The minimum Gasteiger partial charge on any atom is -0.394 e. The molecular formula is C25H36N8O7S. The number of nitrogens with two attached hydrogens (primary N) is 1. The number of aliphatic hydroxyl groups excluding tert-OH is 2. The Morgan fingerprint density at radius 1 is 1.17 bits per heavy atom. The number of urea groups is 1. The van der Waals surface area contributed by atoms with Crippen LogP contribution in [0, 0.1) is 5.41 Å². The molecule has 1 aliphatic heterocycles. The second-order valence-electron chi connectivity index (χ2n) is 9.85. The Morgan fingerprint density at radius 3 is 2.51 bits per heavy atom. The molecule has 3 rings (SSSR count). The van der Waals surface area contributed by atoms with Gasteiger partial charge in [0.1, 0.15) is 18.3 Å². The Bertz CT molecular complexity index is 1420. The summed E-state index contributed by atoms with van der Waals surface area (Å²) in [5, 5.41) is 36.0. The fourth-order valence-electron chi connectivity index (χ4n) is 4.44. The quantitative estimate of drug-likeness (QED) is 0.125. The fourth-order valence-corrected chi connectivity index (χ4v) is 5.39. The number of rotatable bonds is 9. The first-order valence-corrected chi connectivity index (χ1v) is 14.3. The largest absolute Gasteiger partial charge is 0.394 e. The average molecular weight is 593 g/mol. The standard InChI is InChI=1S/C25H36N8O7S/c1-14(21(35)29-18-7-5-11-33(23(18)37)24(26)27)28-22(36)19(13-34)30-25(38)31-41(39,40)16-9-10-17-15(12-16)6-4-8-20(17)32(2)3/h4,6,8-10,12,14,18-19,23,34,37H,5,7,11,13H2,1-3H3,(H3,26,27)(H,28,36)(H,29,35)(H2,30,31,38). The summed E-state index contributed by atoms with van der Waals surface area (Å²) in [6, 6.07) is 5.05. The van der Waals surface area contributed by atoms with Crippen LogP contribution >= 0.6 is 0 Å². The molecule has 4 unspecified atom stereocenters. The van der Waals surface area contributed by atoms with Crippen LogP contribution < -0.4 is 31.3 Å². The predicted octanol–water partition coefficient (Wildman–Crippen LogP) is -1.45. The van der Waals surface area contributed by atoms with E-state index < -0.39 is 58.8 Å². The molecule has 0 radical (unpaired) electrons. The van der Waals surface area contributed by atoms with Gasteiger partial charge in [-0.05, 0) is 43.4 Å². The van der Waals surface area contributed by atoms with Gasteiger partial charge in [-0.1, -0.05) is 18.2 Å². The molecule has 4 amide bonds. The number of guanidine groups is 1. The van der Waals surface area contributed by atoms with Crippen LogP contribution in [-0.4, -0.2) is 98.9 Å². The third-order valence-electron chi connectivity index (χ3n) is 6.63. The van der Waals surface area contributed by atoms with Crippen LogP contribution in [-0.2, 0) is 19.6 Å². The maximum Gasteiger partial charge on any atom is 0.329 e. The average Bonchev–Trinajstić information content (AvgIpc) is 2.91. The molecule has 15 nitrogen and oxygen atoms in total. The van der Waals surface area contributed by atoms with E-state index in [0.29, 0.717) is 24.8 Å². The van der Waals surface area contributed by atoms with Gasteiger partial charge < -0.3 is 41.7 Å². The SMILES string of the molecule is CC(NC(=O)C(CO)NC(=O)NS(=O)(=O)c1ccc2c(N(C)C)cccc2c1)C(=O)NC1CCCN(C(=N)N)C1O. The molecule has 0 aliphatic carbocycles. The zero-order chi connectivity index (χ0) is 30.5. The van der Waals surface area contributed by atoms with E-state index in [1.807, 2.05) is 29.8 Å². The monoisotopic (exact) mass is 592 g/mol. The van der Waals surface area contributed by atoms with Crippen molar-refractivity contribution in [2.45, 2.75) is 49.0 Å². The number of hydrogen-bond donors (Lipinski definition) is 8. The van der Waals surface area contributed by atoms with E-state index >= 15 is 0 Å². The first-order chi connectivity index (χ1) is 19.2. The second-order valence-corrected chi connectivity index (χ2v) is 11.5. The van der Waals surface area contributed by atoms with Gasteiger partial charge in [0, 0.05) is 31.7 Å². The first kappa shape index (κ1) is 31.4. The summed E-state index contributed by atoms with van der Waals surface area (Å²) in [6.45, 7) is 0.826. The van der Waals surface area contributed by atoms with Gasteiger partial charge >= 0.3 is 6.03 Å². The van der Waals surface area contributed by atoms with Crippen molar-refractivity contribution in [1.29, 1.82) is 5.41 Å². The van der Waals surface area contributed by atoms with Gasteiger partial charge in [-0.2, -0.15) is 0 Å². The lowest BCUT2D eigenvalue weighted by molar-refractivity contribution is -0.131. The van der Waals surface area contributed by atoms with Gasteiger partial charge in [0.25, 0.3) is 10.0 Å². The number of likely N-dealkylation sites (tertiary alicyclic amines) is 1. The summed E-state index contributed by atoms with van der Waals surface area (Å²) >= 11 is 0. The number of carbonyl (C=O) groups is 3. The summed E-state index contributed by atoms with van der Waals surface area (Å²) in [6.07, 6.45) is -0.239. The Morgan fingerprint density at radius 2 is 1.88 bits per heavy atom. The van der Waals surface area contributed by atoms with Gasteiger partial charge in [0.15, 0.2) is 5.96 Å². The van der Waals surface area contributed by atoms with E-state index in [9.17, 15) is 33.0 Å². The van der Waals surface area contributed by atoms with Crippen molar-refractivity contribution in [3.63, 3.8) is 0 Å². The van der Waals surface area contributed by atoms with Crippen LogP contribution in [0.4, 0.5) is 10.5 Å². The molecule has 1 fully saturated rings. The van der Waals surface area contributed by atoms with Crippen molar-refractivity contribution in [2.24, 2.45) is 5.73 Å². The third-order valence-corrected chi connectivity index (χ3v) is 7.96. The zero-order valence-electron chi connectivity index (χ0n) is 22.9. The van der Waals surface area contributed by atoms with E-state index in [0.717, 1.165) is 11.1 Å². The van der Waals surface area contributed by atoms with Crippen LogP contribution in [0.5, 0.6) is 0 Å². The van der Waals surface area contributed by atoms with Crippen LogP contribution in [0.2, 0.25) is 0 Å². The first-order valence-electron chi connectivity index (χ1n) is 12.8. The molecule has 0 saturated carbocycles. The van der Waals surface area contributed by atoms with Crippen molar-refractivity contribution >= 4 is 50.3 Å². The number of hydrogen-bond acceptors (Lipinski definition) is 9. The highest BCUT2D eigenvalue weighted by atomic mass is 32.2. The highest BCUT2D eigenvalue weighted by molar-refractivity contribution is 7.90. The second kappa shape index (κ2) is 13.0. The molecule has 2 aromatic carbocycles. The number of nitrogens with one attached hydrogen (secondary N) is 5. The van der Waals surface area contributed by atoms with Gasteiger partial charge in [-0.3, -0.25) is 15.0 Å². The summed E-state index contributed by atoms with van der Waals surface area (Å²) in [4.78, 5) is 40.7.